The minimum absolute atomic E-state index is 0.0224. The minimum atomic E-state index is -0.0224. The summed E-state index contributed by atoms with van der Waals surface area (Å²) in [5.74, 6) is 0. The van der Waals surface area contributed by atoms with Crippen molar-refractivity contribution in [2.75, 3.05) is 7.05 Å². The van der Waals surface area contributed by atoms with Gasteiger partial charge in [-0.3, -0.25) is 4.90 Å². The second-order valence-electron chi connectivity index (χ2n) is 8.14. The van der Waals surface area contributed by atoms with Crippen molar-refractivity contribution in [3.05, 3.63) is 70.7 Å². The predicted molar refractivity (Wildman–Crippen MR) is 116 cm³/mol. The number of piperidine rings is 1. The Labute approximate surface area is 173 Å². The van der Waals surface area contributed by atoms with Gasteiger partial charge in [0.2, 0.25) is 0 Å². The maximum absolute atomic E-state index is 6.13. The molecular weight excluding hydrogens is 368 g/mol. The molecule has 2 fully saturated rings. The first kappa shape index (κ1) is 19.5. The van der Waals surface area contributed by atoms with Crippen LogP contribution in [0.1, 0.15) is 55.8 Å². The standard InChI is InChI=1S/C24H29ClN2O/c1-27-22-14-15-23(27)17-21(16-22)26-28-24(19-10-12-20(25)13-11-19)9-5-8-18-6-3-2-4-7-18/h2-4,6-7,10-13,22-24H,5,8-9,14-17H2,1H3. The average molecular weight is 397 g/mol. The molecule has 2 aromatic carbocycles. The van der Waals surface area contributed by atoms with Crippen molar-refractivity contribution < 1.29 is 4.84 Å². The highest BCUT2D eigenvalue weighted by Crippen LogP contribution is 2.33. The molecule has 0 radical (unpaired) electrons. The number of aryl methyl sites for hydroxylation is 1. The lowest BCUT2D eigenvalue weighted by Crippen LogP contribution is -2.40. The van der Waals surface area contributed by atoms with Crippen LogP contribution < -0.4 is 0 Å². The molecule has 2 aliphatic rings. The largest absolute Gasteiger partial charge is 0.388 e. The number of fused-ring (bicyclic) bond motifs is 2. The van der Waals surface area contributed by atoms with Crippen molar-refractivity contribution in [3.63, 3.8) is 0 Å². The number of hydrogen-bond donors (Lipinski definition) is 0. The molecule has 2 bridgehead atoms. The van der Waals surface area contributed by atoms with Crippen molar-refractivity contribution in [2.45, 2.75) is 63.1 Å². The first-order valence-electron chi connectivity index (χ1n) is 10.4. The number of hydrogen-bond acceptors (Lipinski definition) is 3. The molecule has 3 nitrogen and oxygen atoms in total. The first-order chi connectivity index (χ1) is 13.7. The van der Waals surface area contributed by atoms with Crippen molar-refractivity contribution in [2.24, 2.45) is 5.16 Å². The van der Waals surface area contributed by atoms with E-state index in [0.717, 1.165) is 42.7 Å². The van der Waals surface area contributed by atoms with E-state index in [0.29, 0.717) is 12.1 Å². The van der Waals surface area contributed by atoms with E-state index < -0.39 is 0 Å². The fourth-order valence-corrected chi connectivity index (χ4v) is 4.64. The maximum Gasteiger partial charge on any atom is 0.152 e. The molecule has 0 N–H and O–H groups in total. The summed E-state index contributed by atoms with van der Waals surface area (Å²) in [5, 5.41) is 5.39. The lowest BCUT2D eigenvalue weighted by atomic mass is 10.0. The number of halogens is 1. The van der Waals surface area contributed by atoms with Crippen LogP contribution in [-0.4, -0.2) is 29.7 Å². The summed E-state index contributed by atoms with van der Waals surface area (Å²) in [5.41, 5.74) is 3.75. The molecule has 2 saturated heterocycles. The van der Waals surface area contributed by atoms with Crippen LogP contribution in [-0.2, 0) is 11.3 Å². The molecule has 0 spiro atoms. The quantitative estimate of drug-likeness (QED) is 0.533. The monoisotopic (exact) mass is 396 g/mol. The zero-order valence-electron chi connectivity index (χ0n) is 16.6. The summed E-state index contributed by atoms with van der Waals surface area (Å²) in [4.78, 5) is 8.65. The number of rotatable bonds is 7. The smallest absolute Gasteiger partial charge is 0.152 e. The van der Waals surface area contributed by atoms with E-state index in [4.69, 9.17) is 16.4 Å². The van der Waals surface area contributed by atoms with Crippen LogP contribution in [0.25, 0.3) is 0 Å². The molecule has 2 heterocycles. The van der Waals surface area contributed by atoms with Crippen LogP contribution in [0.5, 0.6) is 0 Å². The van der Waals surface area contributed by atoms with Crippen molar-refractivity contribution in [3.8, 4) is 0 Å². The Kier molecular flexibility index (Phi) is 6.33. The lowest BCUT2D eigenvalue weighted by molar-refractivity contribution is 0.0483. The van der Waals surface area contributed by atoms with Gasteiger partial charge in [0.25, 0.3) is 0 Å². The summed E-state index contributed by atoms with van der Waals surface area (Å²) in [6.45, 7) is 0. The molecule has 28 heavy (non-hydrogen) atoms. The Balaban J connectivity index is 1.41. The average Bonchev–Trinajstić information content (AvgIpc) is 2.92. The molecule has 2 aliphatic heterocycles. The van der Waals surface area contributed by atoms with E-state index in [1.54, 1.807) is 0 Å². The SMILES string of the molecule is CN1C2CCC1CC(=NOC(CCCc1ccccc1)c1ccc(Cl)cc1)C2. The molecule has 0 amide bonds. The van der Waals surface area contributed by atoms with E-state index in [-0.39, 0.29) is 6.10 Å². The number of benzene rings is 2. The van der Waals surface area contributed by atoms with Gasteiger partial charge < -0.3 is 4.84 Å². The van der Waals surface area contributed by atoms with Gasteiger partial charge in [-0.25, -0.2) is 0 Å². The van der Waals surface area contributed by atoms with E-state index in [1.165, 1.54) is 24.1 Å². The highest BCUT2D eigenvalue weighted by Gasteiger charge is 2.37. The molecule has 4 heteroatoms. The Morgan fingerprint density at radius 2 is 1.71 bits per heavy atom. The molecule has 3 atom stereocenters. The second kappa shape index (κ2) is 9.11. The summed E-state index contributed by atoms with van der Waals surface area (Å²) >= 11 is 6.08. The van der Waals surface area contributed by atoms with E-state index in [1.807, 2.05) is 12.1 Å². The second-order valence-corrected chi connectivity index (χ2v) is 8.58. The third kappa shape index (κ3) is 4.76. The van der Waals surface area contributed by atoms with Crippen molar-refractivity contribution in [1.82, 2.24) is 4.90 Å². The Hall–Kier alpha value is -1.84. The third-order valence-electron chi connectivity index (χ3n) is 6.25. The van der Waals surface area contributed by atoms with E-state index in [2.05, 4.69) is 59.6 Å². The van der Waals surface area contributed by atoms with E-state index >= 15 is 0 Å². The zero-order chi connectivity index (χ0) is 19.3. The van der Waals surface area contributed by atoms with Gasteiger partial charge in [0.15, 0.2) is 6.10 Å². The van der Waals surface area contributed by atoms with Crippen LogP contribution in [0, 0.1) is 0 Å². The highest BCUT2D eigenvalue weighted by atomic mass is 35.5. The lowest BCUT2D eigenvalue weighted by Gasteiger charge is -2.31. The fraction of sp³-hybridized carbons (Fsp3) is 0.458. The van der Waals surface area contributed by atoms with Gasteiger partial charge in [-0.15, -0.1) is 0 Å². The van der Waals surface area contributed by atoms with Gasteiger partial charge in [0.1, 0.15) is 0 Å². The van der Waals surface area contributed by atoms with Gasteiger partial charge in [0, 0.05) is 29.9 Å². The van der Waals surface area contributed by atoms with Gasteiger partial charge in [-0.1, -0.05) is 59.2 Å². The van der Waals surface area contributed by atoms with Gasteiger partial charge in [-0.05, 0) is 62.4 Å². The van der Waals surface area contributed by atoms with Gasteiger partial charge in [0.05, 0.1) is 5.71 Å². The molecule has 4 rings (SSSR count). The number of nitrogens with zero attached hydrogens (tertiary/aromatic N) is 2. The molecule has 0 aliphatic carbocycles. The fourth-order valence-electron chi connectivity index (χ4n) is 4.52. The summed E-state index contributed by atoms with van der Waals surface area (Å²) < 4.78 is 0. The van der Waals surface area contributed by atoms with Crippen LogP contribution in [0.4, 0.5) is 0 Å². The normalized spacial score (nSPS) is 22.9. The number of oxime groups is 1. The van der Waals surface area contributed by atoms with Gasteiger partial charge >= 0.3 is 0 Å². The summed E-state index contributed by atoms with van der Waals surface area (Å²) in [7, 11) is 2.25. The van der Waals surface area contributed by atoms with Crippen LogP contribution in [0.15, 0.2) is 59.8 Å². The van der Waals surface area contributed by atoms with Crippen LogP contribution in [0.3, 0.4) is 0 Å². The highest BCUT2D eigenvalue weighted by molar-refractivity contribution is 6.30. The maximum atomic E-state index is 6.13. The van der Waals surface area contributed by atoms with Gasteiger partial charge in [-0.2, -0.15) is 0 Å². The molecule has 0 saturated carbocycles. The zero-order valence-corrected chi connectivity index (χ0v) is 17.3. The molecule has 148 valence electrons. The predicted octanol–water partition coefficient (Wildman–Crippen LogP) is 6.03. The summed E-state index contributed by atoms with van der Waals surface area (Å²) in [6, 6.07) is 19.9. The Morgan fingerprint density at radius 3 is 2.39 bits per heavy atom. The topological polar surface area (TPSA) is 24.8 Å². The minimum Gasteiger partial charge on any atom is -0.388 e. The Bertz CT molecular complexity index is 774. The molecular formula is C24H29ClN2O. The third-order valence-corrected chi connectivity index (χ3v) is 6.50. The first-order valence-corrected chi connectivity index (χ1v) is 10.8. The Morgan fingerprint density at radius 1 is 1.04 bits per heavy atom. The van der Waals surface area contributed by atoms with Crippen LogP contribution >= 0.6 is 11.6 Å². The molecule has 3 unspecified atom stereocenters. The van der Waals surface area contributed by atoms with Crippen molar-refractivity contribution >= 4 is 17.3 Å². The molecule has 0 aromatic heterocycles. The van der Waals surface area contributed by atoms with E-state index in [9.17, 15) is 0 Å². The summed E-state index contributed by atoms with van der Waals surface area (Å²) in [6.07, 6.45) is 7.71. The van der Waals surface area contributed by atoms with Crippen molar-refractivity contribution in [1.29, 1.82) is 0 Å². The molecule has 2 aromatic rings. The van der Waals surface area contributed by atoms with Crippen LogP contribution in [0.2, 0.25) is 5.02 Å².